The number of rotatable bonds is 0. The molecule has 0 rings (SSSR count). The van der Waals surface area contributed by atoms with Crippen molar-refractivity contribution in [2.75, 3.05) is 0 Å². The van der Waals surface area contributed by atoms with Gasteiger partial charge in [0.05, 0.1) is 0 Å². The topological polar surface area (TPSA) is 0 Å². The van der Waals surface area contributed by atoms with E-state index >= 15 is 0 Å². The van der Waals surface area contributed by atoms with Crippen LogP contribution in [0.3, 0.4) is 0 Å². The Kier molecular flexibility index (Phi) is 13.5. The summed E-state index contributed by atoms with van der Waals surface area (Å²) in [6.45, 7) is 17.0. The summed E-state index contributed by atoms with van der Waals surface area (Å²) in [4.78, 5) is 0. The number of hydrogen-bond acceptors (Lipinski definition) is 0. The lowest BCUT2D eigenvalue weighted by Crippen LogP contribution is -1.66. The van der Waals surface area contributed by atoms with E-state index in [0.717, 1.165) is 0 Å². The summed E-state index contributed by atoms with van der Waals surface area (Å²) in [7, 11) is 0. The van der Waals surface area contributed by atoms with E-state index in [-0.39, 0.29) is 7.43 Å². The van der Waals surface area contributed by atoms with Crippen molar-refractivity contribution < 1.29 is 0 Å². The quantitative estimate of drug-likeness (QED) is 0.444. The smallest absolute Gasteiger partial charge is 0.0440 e. The minimum atomic E-state index is 0. The van der Waals surface area contributed by atoms with E-state index in [1.807, 2.05) is 0 Å². The van der Waals surface area contributed by atoms with E-state index < -0.39 is 0 Å². The molecule has 0 aromatic carbocycles. The van der Waals surface area contributed by atoms with Gasteiger partial charge in [-0.25, -0.2) is 0 Å². The average Bonchev–Trinajstić information content (AvgIpc) is 1.88. The predicted octanol–water partition coefficient (Wildman–Crippen LogP) is 5.36. The van der Waals surface area contributed by atoms with Gasteiger partial charge in [-0.15, -0.1) is 0 Å². The van der Waals surface area contributed by atoms with Gasteiger partial charge in [-0.1, -0.05) is 29.7 Å². The molecule has 0 amide bonds. The van der Waals surface area contributed by atoms with E-state index in [1.165, 1.54) is 22.3 Å². The van der Waals surface area contributed by atoms with Gasteiger partial charge in [0.2, 0.25) is 0 Å². The number of allylic oxidation sites excluding steroid dienone is 4. The Balaban J connectivity index is -0.000000143. The average molecular weight is 184 g/mol. The van der Waals surface area contributed by atoms with E-state index in [2.05, 4.69) is 55.4 Å². The van der Waals surface area contributed by atoms with Crippen molar-refractivity contribution in [3.8, 4) is 0 Å². The Morgan fingerprint density at radius 1 is 0.385 bits per heavy atom. The van der Waals surface area contributed by atoms with Crippen LogP contribution in [0.4, 0.5) is 0 Å². The molecule has 13 heavy (non-hydrogen) atoms. The zero-order valence-corrected chi connectivity index (χ0v) is 10.0. The van der Waals surface area contributed by atoms with Crippen LogP contribution in [-0.4, -0.2) is 0 Å². The fourth-order valence-electron chi connectivity index (χ4n) is 0. The van der Waals surface area contributed by atoms with Crippen LogP contribution in [0.25, 0.3) is 0 Å². The minimum Gasteiger partial charge on any atom is -0.0778 e. The fraction of sp³-hybridized carbons (Fsp3) is 0.692. The molecule has 0 aliphatic carbocycles. The van der Waals surface area contributed by atoms with Crippen LogP contribution in [0, 0.1) is 0 Å². The zero-order valence-electron chi connectivity index (χ0n) is 10.0. The van der Waals surface area contributed by atoms with E-state index in [0.29, 0.717) is 0 Å². The molecular formula is C13H28. The van der Waals surface area contributed by atoms with E-state index in [1.54, 1.807) is 0 Å². The third-order valence-corrected chi connectivity index (χ3v) is 2.00. The largest absolute Gasteiger partial charge is 0.0778 e. The maximum atomic E-state index is 2.12. The molecule has 0 radical (unpaired) electrons. The summed E-state index contributed by atoms with van der Waals surface area (Å²) in [6, 6.07) is 0. The highest BCUT2D eigenvalue weighted by molar-refractivity contribution is 5.02. The molecule has 0 atom stereocenters. The molecular weight excluding hydrogens is 156 g/mol. The number of hydrogen-bond donors (Lipinski definition) is 0. The summed E-state index contributed by atoms with van der Waals surface area (Å²) >= 11 is 0. The lowest BCUT2D eigenvalue weighted by Gasteiger charge is -1.88. The van der Waals surface area contributed by atoms with Crippen LogP contribution < -0.4 is 0 Å². The van der Waals surface area contributed by atoms with Crippen LogP contribution >= 0.6 is 0 Å². The van der Waals surface area contributed by atoms with Crippen molar-refractivity contribution in [1.29, 1.82) is 0 Å². The summed E-state index contributed by atoms with van der Waals surface area (Å²) in [5.41, 5.74) is 5.70. The van der Waals surface area contributed by atoms with Crippen molar-refractivity contribution in [2.45, 2.75) is 62.8 Å². The first-order valence-corrected chi connectivity index (χ1v) is 4.50. The van der Waals surface area contributed by atoms with Crippen LogP contribution in [-0.2, 0) is 0 Å². The Bertz CT molecular complexity index is 122. The second-order valence-corrected chi connectivity index (χ2v) is 4.00. The minimum absolute atomic E-state index is 0. The predicted molar refractivity (Wildman–Crippen MR) is 66.2 cm³/mol. The summed E-state index contributed by atoms with van der Waals surface area (Å²) in [5.74, 6) is 0. The van der Waals surface area contributed by atoms with Gasteiger partial charge >= 0.3 is 0 Å². The van der Waals surface area contributed by atoms with Crippen LogP contribution in [0.5, 0.6) is 0 Å². The summed E-state index contributed by atoms with van der Waals surface area (Å²) < 4.78 is 0. The van der Waals surface area contributed by atoms with Gasteiger partial charge in [0, 0.05) is 0 Å². The molecule has 80 valence electrons. The Morgan fingerprint density at radius 2 is 0.462 bits per heavy atom. The maximum absolute atomic E-state index is 2.12. The summed E-state index contributed by atoms with van der Waals surface area (Å²) in [5, 5.41) is 0. The molecule has 0 saturated carbocycles. The molecule has 0 aliphatic heterocycles. The van der Waals surface area contributed by atoms with Gasteiger partial charge in [-0.05, 0) is 55.4 Å². The van der Waals surface area contributed by atoms with Crippen LogP contribution in [0.15, 0.2) is 22.3 Å². The molecule has 0 saturated heterocycles. The maximum Gasteiger partial charge on any atom is -0.0440 e. The molecule has 0 aromatic rings. The first kappa shape index (κ1) is 18.3. The Hall–Kier alpha value is -0.520. The monoisotopic (exact) mass is 184 g/mol. The highest BCUT2D eigenvalue weighted by Gasteiger charge is 1.75. The highest BCUT2D eigenvalue weighted by atomic mass is 13.8. The van der Waals surface area contributed by atoms with Crippen molar-refractivity contribution >= 4 is 0 Å². The summed E-state index contributed by atoms with van der Waals surface area (Å²) in [6.07, 6.45) is 0. The third-order valence-electron chi connectivity index (χ3n) is 2.00. The highest BCUT2D eigenvalue weighted by Crippen LogP contribution is 1.97. The lowest BCUT2D eigenvalue weighted by atomic mass is 10.2. The molecule has 0 bridgehead atoms. The van der Waals surface area contributed by atoms with Crippen molar-refractivity contribution in [2.24, 2.45) is 0 Å². The van der Waals surface area contributed by atoms with E-state index in [4.69, 9.17) is 0 Å². The van der Waals surface area contributed by atoms with Crippen molar-refractivity contribution in [3.05, 3.63) is 22.3 Å². The van der Waals surface area contributed by atoms with Gasteiger partial charge in [0.25, 0.3) is 0 Å². The van der Waals surface area contributed by atoms with Gasteiger partial charge in [0.15, 0.2) is 0 Å². The molecule has 0 N–H and O–H groups in total. The molecule has 0 nitrogen and oxygen atoms in total. The van der Waals surface area contributed by atoms with E-state index in [9.17, 15) is 0 Å². The molecule has 0 fully saturated rings. The molecule has 0 spiro atoms. The normalized spacial score (nSPS) is 7.38. The van der Waals surface area contributed by atoms with Crippen molar-refractivity contribution in [3.63, 3.8) is 0 Å². The van der Waals surface area contributed by atoms with Gasteiger partial charge in [0.1, 0.15) is 0 Å². The Morgan fingerprint density at radius 3 is 0.462 bits per heavy atom. The zero-order chi connectivity index (χ0) is 10.3. The first-order valence-electron chi connectivity index (χ1n) is 4.50. The standard InChI is InChI=1S/2C6H12.CH4/c2*1-5(2)6(3)4;/h2*1-4H3;1H4. The Labute approximate surface area is 85.8 Å². The van der Waals surface area contributed by atoms with Crippen LogP contribution in [0.1, 0.15) is 62.8 Å². The molecule has 0 aliphatic rings. The SMILES string of the molecule is C.CC(C)=C(C)C.CC(C)=C(C)C. The first-order chi connectivity index (χ1) is 5.29. The molecule has 0 unspecified atom stereocenters. The molecule has 0 aromatic heterocycles. The van der Waals surface area contributed by atoms with Crippen molar-refractivity contribution in [1.82, 2.24) is 0 Å². The van der Waals surface area contributed by atoms with Gasteiger partial charge in [-0.2, -0.15) is 0 Å². The molecule has 0 heteroatoms. The fourth-order valence-corrected chi connectivity index (χ4v) is 0. The second kappa shape index (κ2) is 9.57. The second-order valence-electron chi connectivity index (χ2n) is 4.00. The van der Waals surface area contributed by atoms with Gasteiger partial charge in [-0.3, -0.25) is 0 Å². The van der Waals surface area contributed by atoms with Crippen LogP contribution in [0.2, 0.25) is 0 Å². The van der Waals surface area contributed by atoms with Gasteiger partial charge < -0.3 is 0 Å². The molecule has 0 heterocycles. The third kappa shape index (κ3) is 18.4. The lowest BCUT2D eigenvalue weighted by molar-refractivity contribution is 1.23.